The smallest absolute Gasteiger partial charge is 0.291 e. The van der Waals surface area contributed by atoms with Gasteiger partial charge in [0.15, 0.2) is 10.3 Å². The topological polar surface area (TPSA) is 59.8 Å². The standard InChI is InChI=1S/C14H12F2N4OS2/c1-8-7-22-13(17-8)19-11(21)6-20-10-5-3-2-4-9(10)18-14(20)23-12(15)16/h2-5,7,12H,6H2,1H3,(H,17,19,21). The second kappa shape index (κ2) is 6.63. The minimum atomic E-state index is -2.60. The maximum absolute atomic E-state index is 12.7. The van der Waals surface area contributed by atoms with Crippen molar-refractivity contribution < 1.29 is 13.6 Å². The predicted molar refractivity (Wildman–Crippen MR) is 87.1 cm³/mol. The minimum Gasteiger partial charge on any atom is -0.309 e. The van der Waals surface area contributed by atoms with Gasteiger partial charge in [-0.1, -0.05) is 12.1 Å². The molecule has 9 heteroatoms. The molecule has 0 radical (unpaired) electrons. The highest BCUT2D eigenvalue weighted by Gasteiger charge is 2.18. The van der Waals surface area contributed by atoms with Gasteiger partial charge < -0.3 is 9.88 Å². The average Bonchev–Trinajstić information content (AvgIpc) is 3.03. The third-order valence-electron chi connectivity index (χ3n) is 2.98. The number of nitrogens with one attached hydrogen (secondary N) is 1. The lowest BCUT2D eigenvalue weighted by Gasteiger charge is -2.08. The van der Waals surface area contributed by atoms with Crippen molar-refractivity contribution in [3.63, 3.8) is 0 Å². The molecule has 2 aromatic heterocycles. The van der Waals surface area contributed by atoms with E-state index in [-0.39, 0.29) is 17.6 Å². The molecule has 3 aromatic rings. The fourth-order valence-electron chi connectivity index (χ4n) is 2.09. The van der Waals surface area contributed by atoms with Crippen LogP contribution in [0.1, 0.15) is 5.69 Å². The van der Waals surface area contributed by atoms with Crippen LogP contribution < -0.4 is 5.32 Å². The van der Waals surface area contributed by atoms with Crippen molar-refractivity contribution in [1.82, 2.24) is 14.5 Å². The molecular weight excluding hydrogens is 342 g/mol. The summed E-state index contributed by atoms with van der Waals surface area (Å²) in [4.78, 5) is 20.5. The quantitative estimate of drug-likeness (QED) is 0.709. The van der Waals surface area contributed by atoms with E-state index in [1.807, 2.05) is 12.3 Å². The number of aromatic nitrogens is 3. The first-order chi connectivity index (χ1) is 11.0. The number of carbonyl (C=O) groups is 1. The van der Waals surface area contributed by atoms with Crippen molar-refractivity contribution >= 4 is 45.2 Å². The van der Waals surface area contributed by atoms with E-state index in [1.165, 1.54) is 15.9 Å². The molecule has 2 heterocycles. The van der Waals surface area contributed by atoms with E-state index >= 15 is 0 Å². The number of thioether (sulfide) groups is 1. The lowest BCUT2D eigenvalue weighted by atomic mass is 10.3. The fraction of sp³-hybridized carbons (Fsp3) is 0.214. The molecule has 0 saturated heterocycles. The third kappa shape index (κ3) is 3.67. The lowest BCUT2D eigenvalue weighted by molar-refractivity contribution is -0.116. The number of hydrogen-bond donors (Lipinski definition) is 1. The van der Waals surface area contributed by atoms with Crippen molar-refractivity contribution in [2.45, 2.75) is 24.4 Å². The minimum absolute atomic E-state index is 0.103. The van der Waals surface area contributed by atoms with Crippen LogP contribution in [0.25, 0.3) is 11.0 Å². The zero-order valence-electron chi connectivity index (χ0n) is 12.0. The van der Waals surface area contributed by atoms with Crippen LogP contribution in [0.2, 0.25) is 0 Å². The molecule has 120 valence electrons. The third-order valence-corrected chi connectivity index (χ3v) is 4.56. The normalized spacial score (nSPS) is 11.3. The molecule has 23 heavy (non-hydrogen) atoms. The Labute approximate surface area is 138 Å². The van der Waals surface area contributed by atoms with Gasteiger partial charge in [-0.3, -0.25) is 4.79 Å². The molecule has 0 unspecified atom stereocenters. The Hall–Kier alpha value is -2.00. The number of nitrogens with zero attached hydrogens (tertiary/aromatic N) is 3. The van der Waals surface area contributed by atoms with Crippen molar-refractivity contribution in [3.8, 4) is 0 Å². The molecule has 5 nitrogen and oxygen atoms in total. The fourth-order valence-corrected chi connectivity index (χ4v) is 3.39. The number of para-hydroxylation sites is 2. The number of hydrogen-bond acceptors (Lipinski definition) is 5. The van der Waals surface area contributed by atoms with Gasteiger partial charge in [0.1, 0.15) is 6.54 Å². The maximum atomic E-state index is 12.7. The first-order valence-corrected chi connectivity index (χ1v) is 8.41. The zero-order valence-corrected chi connectivity index (χ0v) is 13.6. The van der Waals surface area contributed by atoms with Crippen LogP contribution in [-0.2, 0) is 11.3 Å². The Morgan fingerprint density at radius 2 is 2.17 bits per heavy atom. The number of thiazole rings is 1. The number of aryl methyl sites for hydroxylation is 1. The number of imidazole rings is 1. The number of alkyl halides is 2. The van der Waals surface area contributed by atoms with Gasteiger partial charge in [0, 0.05) is 5.38 Å². The van der Waals surface area contributed by atoms with E-state index in [0.29, 0.717) is 27.9 Å². The largest absolute Gasteiger partial charge is 0.309 e. The van der Waals surface area contributed by atoms with E-state index in [9.17, 15) is 13.6 Å². The number of amides is 1. The van der Waals surface area contributed by atoms with Crippen molar-refractivity contribution in [2.75, 3.05) is 5.32 Å². The zero-order chi connectivity index (χ0) is 16.4. The van der Waals surface area contributed by atoms with Crippen molar-refractivity contribution in [3.05, 3.63) is 35.3 Å². The second-order valence-electron chi connectivity index (χ2n) is 4.69. The Morgan fingerprint density at radius 3 is 2.87 bits per heavy atom. The molecule has 0 bridgehead atoms. The molecule has 1 amide bonds. The summed E-state index contributed by atoms with van der Waals surface area (Å²) >= 11 is 1.64. The molecule has 0 aliphatic rings. The first kappa shape index (κ1) is 15.9. The monoisotopic (exact) mass is 354 g/mol. The Balaban J connectivity index is 1.86. The summed E-state index contributed by atoms with van der Waals surface area (Å²) in [6.45, 7) is 1.72. The van der Waals surface area contributed by atoms with Gasteiger partial charge in [0.05, 0.1) is 16.7 Å². The van der Waals surface area contributed by atoms with Gasteiger partial charge >= 0.3 is 0 Å². The van der Waals surface area contributed by atoms with Gasteiger partial charge in [-0.05, 0) is 30.8 Å². The number of benzene rings is 1. The van der Waals surface area contributed by atoms with E-state index in [1.54, 1.807) is 24.3 Å². The summed E-state index contributed by atoms with van der Waals surface area (Å²) < 4.78 is 26.9. The molecule has 1 N–H and O–H groups in total. The van der Waals surface area contributed by atoms with Gasteiger partial charge in [-0.15, -0.1) is 11.3 Å². The number of fused-ring (bicyclic) bond motifs is 1. The Kier molecular flexibility index (Phi) is 4.58. The summed E-state index contributed by atoms with van der Waals surface area (Å²) in [5.74, 6) is -2.94. The SMILES string of the molecule is Cc1csc(NC(=O)Cn2c(SC(F)F)nc3ccccc32)n1. The summed E-state index contributed by atoms with van der Waals surface area (Å²) in [6, 6.07) is 7.02. The summed E-state index contributed by atoms with van der Waals surface area (Å²) in [7, 11) is 0. The van der Waals surface area contributed by atoms with Crippen LogP contribution in [0.3, 0.4) is 0 Å². The van der Waals surface area contributed by atoms with Gasteiger partial charge in [-0.2, -0.15) is 8.78 Å². The van der Waals surface area contributed by atoms with Crippen LogP contribution in [0.15, 0.2) is 34.8 Å². The van der Waals surface area contributed by atoms with E-state index < -0.39 is 5.76 Å². The first-order valence-electron chi connectivity index (χ1n) is 6.65. The van der Waals surface area contributed by atoms with E-state index in [0.717, 1.165) is 5.69 Å². The number of anilines is 1. The maximum Gasteiger partial charge on any atom is 0.291 e. The Morgan fingerprint density at radius 1 is 1.39 bits per heavy atom. The number of rotatable bonds is 5. The lowest BCUT2D eigenvalue weighted by Crippen LogP contribution is -2.19. The summed E-state index contributed by atoms with van der Waals surface area (Å²) in [5.41, 5.74) is 2.03. The number of halogens is 2. The molecule has 1 aromatic carbocycles. The molecule has 0 fully saturated rings. The van der Waals surface area contributed by atoms with Crippen LogP contribution >= 0.6 is 23.1 Å². The van der Waals surface area contributed by atoms with Crippen LogP contribution in [-0.4, -0.2) is 26.2 Å². The molecule has 0 aliphatic heterocycles. The number of carbonyl (C=O) groups excluding carboxylic acids is 1. The highest BCUT2D eigenvalue weighted by Crippen LogP contribution is 2.28. The van der Waals surface area contributed by atoms with Gasteiger partial charge in [-0.25, -0.2) is 9.97 Å². The van der Waals surface area contributed by atoms with E-state index in [4.69, 9.17) is 0 Å². The molecule has 0 spiro atoms. The Bertz CT molecular complexity index is 846. The summed E-state index contributed by atoms with van der Waals surface area (Å²) in [6.07, 6.45) is 0. The molecule has 3 rings (SSSR count). The predicted octanol–water partition coefficient (Wildman–Crippen LogP) is 3.75. The summed E-state index contributed by atoms with van der Waals surface area (Å²) in [5, 5.41) is 5.09. The molecule has 0 saturated carbocycles. The van der Waals surface area contributed by atoms with Gasteiger partial charge in [0.25, 0.3) is 5.76 Å². The van der Waals surface area contributed by atoms with Crippen LogP contribution in [0, 0.1) is 6.92 Å². The highest BCUT2D eigenvalue weighted by atomic mass is 32.2. The van der Waals surface area contributed by atoms with Crippen LogP contribution in [0.4, 0.5) is 13.9 Å². The molecular formula is C14H12F2N4OS2. The van der Waals surface area contributed by atoms with Crippen molar-refractivity contribution in [1.29, 1.82) is 0 Å². The van der Waals surface area contributed by atoms with Crippen molar-refractivity contribution in [2.24, 2.45) is 0 Å². The van der Waals surface area contributed by atoms with Gasteiger partial charge in [0.2, 0.25) is 5.91 Å². The second-order valence-corrected chi connectivity index (χ2v) is 6.51. The van der Waals surface area contributed by atoms with E-state index in [2.05, 4.69) is 15.3 Å². The molecule has 0 atom stereocenters. The average molecular weight is 354 g/mol. The van der Waals surface area contributed by atoms with Crippen LogP contribution in [0.5, 0.6) is 0 Å². The molecule has 0 aliphatic carbocycles. The highest BCUT2D eigenvalue weighted by molar-refractivity contribution is 7.99.